The van der Waals surface area contributed by atoms with E-state index in [0.29, 0.717) is 13.0 Å². The molecule has 0 bridgehead atoms. The van der Waals surface area contributed by atoms with E-state index in [2.05, 4.69) is 6.58 Å². The number of carbonyl (C=O) groups is 1. The van der Waals surface area contributed by atoms with Crippen LogP contribution in [-0.4, -0.2) is 18.6 Å². The molecule has 0 spiro atoms. The van der Waals surface area contributed by atoms with Gasteiger partial charge >= 0.3 is 5.97 Å². The molecule has 13 heavy (non-hydrogen) atoms. The van der Waals surface area contributed by atoms with Crippen molar-refractivity contribution in [3.05, 3.63) is 12.7 Å². The van der Waals surface area contributed by atoms with Crippen molar-refractivity contribution in [2.24, 2.45) is 5.73 Å². The predicted octanol–water partition coefficient (Wildman–Crippen LogP) is 1.62. The fraction of sp³-hybridized carbons (Fsp3) is 0.700. The number of rotatable bonds is 7. The zero-order valence-electron chi connectivity index (χ0n) is 8.29. The number of nitrogens with two attached hydrogens (primary N) is 1. The molecule has 0 aromatic rings. The smallest absolute Gasteiger partial charge is 0.322 e. The van der Waals surface area contributed by atoms with Crippen LogP contribution in [0.3, 0.4) is 0 Å². The molecule has 0 aromatic heterocycles. The Morgan fingerprint density at radius 2 is 2.31 bits per heavy atom. The van der Waals surface area contributed by atoms with Crippen LogP contribution in [0.1, 0.15) is 32.6 Å². The van der Waals surface area contributed by atoms with E-state index in [1.165, 1.54) is 0 Å². The maximum atomic E-state index is 11.0. The van der Waals surface area contributed by atoms with Crippen molar-refractivity contribution in [2.75, 3.05) is 6.61 Å². The molecule has 0 rings (SSSR count). The Morgan fingerprint density at radius 1 is 1.62 bits per heavy atom. The number of allylic oxidation sites excluding steroid dienone is 1. The highest BCUT2D eigenvalue weighted by molar-refractivity contribution is 5.75. The van der Waals surface area contributed by atoms with Crippen molar-refractivity contribution >= 4 is 5.97 Å². The molecule has 0 fully saturated rings. The van der Waals surface area contributed by atoms with Crippen molar-refractivity contribution in [3.63, 3.8) is 0 Å². The Kier molecular flexibility index (Phi) is 7.30. The molecule has 0 aromatic carbocycles. The van der Waals surface area contributed by atoms with Gasteiger partial charge in [0.15, 0.2) is 0 Å². The first kappa shape index (κ1) is 12.2. The van der Waals surface area contributed by atoms with E-state index in [0.717, 1.165) is 19.3 Å². The van der Waals surface area contributed by atoms with Gasteiger partial charge in [0, 0.05) is 0 Å². The Morgan fingerprint density at radius 3 is 2.85 bits per heavy atom. The highest BCUT2D eigenvalue weighted by Crippen LogP contribution is 2.03. The molecule has 0 aliphatic carbocycles. The maximum Gasteiger partial charge on any atom is 0.322 e. The summed E-state index contributed by atoms with van der Waals surface area (Å²) < 4.78 is 4.78. The van der Waals surface area contributed by atoms with Crippen LogP contribution in [-0.2, 0) is 9.53 Å². The van der Waals surface area contributed by atoms with Crippen molar-refractivity contribution in [3.8, 4) is 0 Å². The minimum Gasteiger partial charge on any atom is -0.465 e. The first-order valence-corrected chi connectivity index (χ1v) is 4.75. The lowest BCUT2D eigenvalue weighted by Gasteiger charge is -2.09. The zero-order chi connectivity index (χ0) is 10.1. The summed E-state index contributed by atoms with van der Waals surface area (Å²) >= 11 is 0. The van der Waals surface area contributed by atoms with E-state index >= 15 is 0 Å². The largest absolute Gasteiger partial charge is 0.465 e. The van der Waals surface area contributed by atoms with E-state index in [-0.39, 0.29) is 5.97 Å². The Bertz CT molecular complexity index is 157. The highest BCUT2D eigenvalue weighted by Gasteiger charge is 2.12. The SMILES string of the molecule is C=CCCCC[C@H](N)C(=O)OCC. The van der Waals surface area contributed by atoms with Crippen LogP contribution in [0.25, 0.3) is 0 Å². The molecular formula is C10H19NO2. The minimum atomic E-state index is -0.454. The molecular weight excluding hydrogens is 166 g/mol. The quantitative estimate of drug-likeness (QED) is 0.372. The summed E-state index contributed by atoms with van der Waals surface area (Å²) in [6.07, 6.45) is 5.54. The van der Waals surface area contributed by atoms with E-state index < -0.39 is 6.04 Å². The van der Waals surface area contributed by atoms with Crippen LogP contribution in [0, 0.1) is 0 Å². The van der Waals surface area contributed by atoms with Gasteiger partial charge in [0.25, 0.3) is 0 Å². The fourth-order valence-electron chi connectivity index (χ4n) is 1.02. The molecule has 0 amide bonds. The normalized spacial score (nSPS) is 12.2. The lowest BCUT2D eigenvalue weighted by atomic mass is 10.1. The van der Waals surface area contributed by atoms with Crippen LogP contribution in [0.5, 0.6) is 0 Å². The zero-order valence-corrected chi connectivity index (χ0v) is 8.29. The van der Waals surface area contributed by atoms with Gasteiger partial charge < -0.3 is 10.5 Å². The van der Waals surface area contributed by atoms with Gasteiger partial charge in [0.2, 0.25) is 0 Å². The molecule has 1 atom stereocenters. The van der Waals surface area contributed by atoms with Crippen LogP contribution in [0.4, 0.5) is 0 Å². The Hall–Kier alpha value is -0.830. The number of hydrogen-bond acceptors (Lipinski definition) is 3. The molecule has 0 saturated heterocycles. The van der Waals surface area contributed by atoms with Gasteiger partial charge in [-0.05, 0) is 26.2 Å². The Balaban J connectivity index is 3.43. The molecule has 0 aliphatic heterocycles. The van der Waals surface area contributed by atoms with E-state index in [9.17, 15) is 4.79 Å². The van der Waals surface area contributed by atoms with Gasteiger partial charge in [0.05, 0.1) is 6.61 Å². The minimum absolute atomic E-state index is 0.291. The number of esters is 1. The summed E-state index contributed by atoms with van der Waals surface area (Å²) in [4.78, 5) is 11.0. The van der Waals surface area contributed by atoms with E-state index in [1.807, 2.05) is 6.08 Å². The summed E-state index contributed by atoms with van der Waals surface area (Å²) in [5.74, 6) is -0.291. The first-order chi connectivity index (χ1) is 6.22. The number of ether oxygens (including phenoxy) is 1. The van der Waals surface area contributed by atoms with E-state index in [1.54, 1.807) is 6.92 Å². The molecule has 3 nitrogen and oxygen atoms in total. The third-order valence-corrected chi connectivity index (χ3v) is 1.76. The molecule has 3 heteroatoms. The molecule has 0 aliphatic rings. The third-order valence-electron chi connectivity index (χ3n) is 1.76. The maximum absolute atomic E-state index is 11.0. The van der Waals surface area contributed by atoms with Gasteiger partial charge in [-0.2, -0.15) is 0 Å². The van der Waals surface area contributed by atoms with Crippen molar-refractivity contribution in [2.45, 2.75) is 38.6 Å². The summed E-state index contributed by atoms with van der Waals surface area (Å²) in [7, 11) is 0. The van der Waals surface area contributed by atoms with Crippen molar-refractivity contribution in [1.82, 2.24) is 0 Å². The standard InChI is InChI=1S/C10H19NO2/c1-3-5-6-7-8-9(11)10(12)13-4-2/h3,9H,1,4-8,11H2,2H3/t9-/m0/s1. The molecule has 0 heterocycles. The van der Waals surface area contributed by atoms with Gasteiger partial charge in [-0.15, -0.1) is 6.58 Å². The van der Waals surface area contributed by atoms with Gasteiger partial charge in [-0.25, -0.2) is 0 Å². The molecule has 76 valence electrons. The van der Waals surface area contributed by atoms with Gasteiger partial charge in [0.1, 0.15) is 6.04 Å². The van der Waals surface area contributed by atoms with Crippen LogP contribution >= 0.6 is 0 Å². The number of hydrogen-bond donors (Lipinski definition) is 1. The Labute approximate surface area is 79.9 Å². The predicted molar refractivity (Wildman–Crippen MR) is 53.3 cm³/mol. The monoisotopic (exact) mass is 185 g/mol. The molecule has 2 N–H and O–H groups in total. The lowest BCUT2D eigenvalue weighted by Crippen LogP contribution is -2.32. The topological polar surface area (TPSA) is 52.3 Å². The van der Waals surface area contributed by atoms with Crippen LogP contribution in [0.2, 0.25) is 0 Å². The average molecular weight is 185 g/mol. The molecule has 0 saturated carbocycles. The second kappa shape index (κ2) is 7.80. The third kappa shape index (κ3) is 6.34. The molecule has 0 unspecified atom stereocenters. The van der Waals surface area contributed by atoms with Crippen LogP contribution in [0.15, 0.2) is 12.7 Å². The second-order valence-corrected chi connectivity index (χ2v) is 2.93. The summed E-state index contributed by atoms with van der Waals surface area (Å²) in [6.45, 7) is 5.80. The molecule has 0 radical (unpaired) electrons. The van der Waals surface area contributed by atoms with E-state index in [4.69, 9.17) is 10.5 Å². The second-order valence-electron chi connectivity index (χ2n) is 2.93. The van der Waals surface area contributed by atoms with Crippen molar-refractivity contribution in [1.29, 1.82) is 0 Å². The highest BCUT2D eigenvalue weighted by atomic mass is 16.5. The average Bonchev–Trinajstić information content (AvgIpc) is 2.12. The fourth-order valence-corrected chi connectivity index (χ4v) is 1.02. The summed E-state index contributed by atoms with van der Waals surface area (Å²) in [6, 6.07) is -0.454. The lowest BCUT2D eigenvalue weighted by molar-refractivity contribution is -0.144. The van der Waals surface area contributed by atoms with Crippen molar-refractivity contribution < 1.29 is 9.53 Å². The van der Waals surface area contributed by atoms with Gasteiger partial charge in [-0.1, -0.05) is 12.5 Å². The van der Waals surface area contributed by atoms with Gasteiger partial charge in [-0.3, -0.25) is 4.79 Å². The summed E-state index contributed by atoms with van der Waals surface area (Å²) in [5, 5.41) is 0. The first-order valence-electron chi connectivity index (χ1n) is 4.75. The number of carbonyl (C=O) groups excluding carboxylic acids is 1. The van der Waals surface area contributed by atoms with Crippen LogP contribution < -0.4 is 5.73 Å². The summed E-state index contributed by atoms with van der Waals surface area (Å²) in [5.41, 5.74) is 5.59. The number of unbranched alkanes of at least 4 members (excludes halogenated alkanes) is 2.